The SMILES string of the molecule is C=CC(=O)OC(O)C[N+](C)(C)C. The molecule has 0 fully saturated rings. The molecule has 0 aliphatic heterocycles. The number of esters is 1. The van der Waals surface area contributed by atoms with Gasteiger partial charge in [-0.05, 0) is 0 Å². The number of hydrogen-bond donors (Lipinski definition) is 1. The van der Waals surface area contributed by atoms with Gasteiger partial charge in [0, 0.05) is 6.08 Å². The lowest BCUT2D eigenvalue weighted by atomic mass is 10.5. The predicted octanol–water partition coefficient (Wildman–Crippen LogP) is -0.260. The van der Waals surface area contributed by atoms with Crippen molar-refractivity contribution < 1.29 is 19.1 Å². The van der Waals surface area contributed by atoms with Crippen molar-refractivity contribution in [3.05, 3.63) is 12.7 Å². The number of hydrogen-bond acceptors (Lipinski definition) is 3. The number of carbonyl (C=O) groups is 1. The van der Waals surface area contributed by atoms with Crippen molar-refractivity contribution in [1.82, 2.24) is 0 Å². The highest BCUT2D eigenvalue weighted by Gasteiger charge is 2.17. The van der Waals surface area contributed by atoms with Gasteiger partial charge in [0.25, 0.3) is 6.29 Å². The van der Waals surface area contributed by atoms with E-state index < -0.39 is 12.3 Å². The third-order valence-corrected chi connectivity index (χ3v) is 1.12. The highest BCUT2D eigenvalue weighted by Crippen LogP contribution is 1.97. The topological polar surface area (TPSA) is 46.5 Å². The lowest BCUT2D eigenvalue weighted by molar-refractivity contribution is -0.876. The quantitative estimate of drug-likeness (QED) is 0.276. The molecule has 0 rings (SSSR count). The van der Waals surface area contributed by atoms with E-state index in [0.29, 0.717) is 11.0 Å². The first-order valence-corrected chi connectivity index (χ1v) is 3.67. The average molecular weight is 174 g/mol. The smallest absolute Gasteiger partial charge is 0.332 e. The molecule has 0 bridgehead atoms. The lowest BCUT2D eigenvalue weighted by Crippen LogP contribution is -2.42. The van der Waals surface area contributed by atoms with E-state index in [1.807, 2.05) is 21.1 Å². The number of nitrogens with zero attached hydrogens (tertiary/aromatic N) is 1. The van der Waals surface area contributed by atoms with Crippen LogP contribution >= 0.6 is 0 Å². The molecule has 70 valence electrons. The maximum atomic E-state index is 10.6. The summed E-state index contributed by atoms with van der Waals surface area (Å²) >= 11 is 0. The molecule has 0 saturated heterocycles. The van der Waals surface area contributed by atoms with Crippen molar-refractivity contribution in [2.24, 2.45) is 0 Å². The van der Waals surface area contributed by atoms with E-state index in [4.69, 9.17) is 0 Å². The Balaban J connectivity index is 3.82. The van der Waals surface area contributed by atoms with Crippen molar-refractivity contribution in [2.45, 2.75) is 6.29 Å². The minimum Gasteiger partial charge on any atom is -0.426 e. The minimum atomic E-state index is -1.06. The average Bonchev–Trinajstić information content (AvgIpc) is 1.82. The number of carbonyl (C=O) groups excluding carboxylic acids is 1. The molecule has 0 amide bonds. The predicted molar refractivity (Wildman–Crippen MR) is 45.2 cm³/mol. The van der Waals surface area contributed by atoms with E-state index in [-0.39, 0.29) is 0 Å². The number of aliphatic hydroxyl groups excluding tert-OH is 1. The first-order chi connectivity index (χ1) is 5.35. The molecule has 0 aromatic carbocycles. The molecule has 0 radical (unpaired) electrons. The van der Waals surface area contributed by atoms with Crippen LogP contribution in [0, 0.1) is 0 Å². The number of rotatable bonds is 4. The summed E-state index contributed by atoms with van der Waals surface area (Å²) in [6.07, 6.45) is -0.0331. The maximum absolute atomic E-state index is 10.6. The van der Waals surface area contributed by atoms with Gasteiger partial charge < -0.3 is 14.3 Å². The van der Waals surface area contributed by atoms with Gasteiger partial charge in [-0.25, -0.2) is 4.79 Å². The van der Waals surface area contributed by atoms with Crippen molar-refractivity contribution in [1.29, 1.82) is 0 Å². The van der Waals surface area contributed by atoms with E-state index in [1.165, 1.54) is 0 Å². The fourth-order valence-electron chi connectivity index (χ4n) is 0.688. The van der Waals surface area contributed by atoms with Gasteiger partial charge in [-0.1, -0.05) is 6.58 Å². The van der Waals surface area contributed by atoms with Gasteiger partial charge >= 0.3 is 5.97 Å². The van der Waals surface area contributed by atoms with Crippen LogP contribution in [0.1, 0.15) is 0 Å². The van der Waals surface area contributed by atoms with Crippen molar-refractivity contribution in [2.75, 3.05) is 27.7 Å². The summed E-state index contributed by atoms with van der Waals surface area (Å²) in [7, 11) is 5.68. The Morgan fingerprint density at radius 3 is 2.50 bits per heavy atom. The molecular weight excluding hydrogens is 158 g/mol. The normalized spacial score (nSPS) is 13.7. The molecule has 0 saturated carbocycles. The van der Waals surface area contributed by atoms with Gasteiger partial charge in [0.2, 0.25) is 0 Å². The zero-order valence-electron chi connectivity index (χ0n) is 7.78. The highest BCUT2D eigenvalue weighted by atomic mass is 16.6. The lowest BCUT2D eigenvalue weighted by Gasteiger charge is -2.25. The number of aliphatic hydroxyl groups is 1. The van der Waals surface area contributed by atoms with Gasteiger partial charge in [-0.15, -0.1) is 0 Å². The molecule has 1 atom stereocenters. The van der Waals surface area contributed by atoms with Gasteiger partial charge in [-0.2, -0.15) is 0 Å². The molecule has 0 aromatic heterocycles. The van der Waals surface area contributed by atoms with Gasteiger partial charge in [0.05, 0.1) is 21.1 Å². The highest BCUT2D eigenvalue weighted by molar-refractivity contribution is 5.81. The second kappa shape index (κ2) is 4.23. The summed E-state index contributed by atoms with van der Waals surface area (Å²) < 4.78 is 5.09. The largest absolute Gasteiger partial charge is 0.426 e. The second-order valence-corrected chi connectivity index (χ2v) is 3.57. The van der Waals surface area contributed by atoms with Crippen LogP contribution in [-0.4, -0.2) is 49.5 Å². The summed E-state index contributed by atoms with van der Waals surface area (Å²) in [6.45, 7) is 3.58. The zero-order chi connectivity index (χ0) is 9.78. The monoisotopic (exact) mass is 174 g/mol. The number of likely N-dealkylation sites (N-methyl/N-ethyl adjacent to an activating group) is 1. The van der Waals surface area contributed by atoms with E-state index in [2.05, 4.69) is 11.3 Å². The molecule has 0 aliphatic carbocycles. The van der Waals surface area contributed by atoms with Crippen LogP contribution in [0.4, 0.5) is 0 Å². The Bertz CT molecular complexity index is 172. The molecule has 1 N–H and O–H groups in total. The van der Waals surface area contributed by atoms with Gasteiger partial charge in [-0.3, -0.25) is 0 Å². The summed E-state index contributed by atoms with van der Waals surface area (Å²) in [5, 5.41) is 9.18. The fraction of sp³-hybridized carbons (Fsp3) is 0.625. The van der Waals surface area contributed by atoms with Gasteiger partial charge in [0.15, 0.2) is 0 Å². The molecule has 4 nitrogen and oxygen atoms in total. The van der Waals surface area contributed by atoms with E-state index in [1.54, 1.807) is 0 Å². The zero-order valence-corrected chi connectivity index (χ0v) is 7.78. The maximum Gasteiger partial charge on any atom is 0.332 e. The van der Waals surface area contributed by atoms with Crippen LogP contribution in [0.25, 0.3) is 0 Å². The molecule has 0 heterocycles. The molecule has 1 unspecified atom stereocenters. The van der Waals surface area contributed by atoms with Gasteiger partial charge in [0.1, 0.15) is 6.54 Å². The fourth-order valence-corrected chi connectivity index (χ4v) is 0.688. The van der Waals surface area contributed by atoms with Crippen molar-refractivity contribution >= 4 is 5.97 Å². The van der Waals surface area contributed by atoms with Crippen LogP contribution in [0.5, 0.6) is 0 Å². The molecular formula is C8H16NO3+. The Morgan fingerprint density at radius 2 is 2.17 bits per heavy atom. The molecule has 12 heavy (non-hydrogen) atoms. The third kappa shape index (κ3) is 5.88. The molecule has 0 aliphatic rings. The number of ether oxygens (including phenoxy) is 1. The summed E-state index contributed by atoms with van der Waals surface area (Å²) in [5.41, 5.74) is 0. The van der Waals surface area contributed by atoms with Crippen molar-refractivity contribution in [3.8, 4) is 0 Å². The van der Waals surface area contributed by atoms with Crippen LogP contribution in [0.3, 0.4) is 0 Å². The van der Waals surface area contributed by atoms with Crippen LogP contribution in [-0.2, 0) is 9.53 Å². The Morgan fingerprint density at radius 1 is 1.67 bits per heavy atom. The summed E-state index contributed by atoms with van der Waals surface area (Å²) in [4.78, 5) is 10.6. The Hall–Kier alpha value is -0.870. The first kappa shape index (κ1) is 11.1. The first-order valence-electron chi connectivity index (χ1n) is 3.67. The summed E-state index contributed by atoms with van der Waals surface area (Å²) in [5.74, 6) is -0.601. The van der Waals surface area contributed by atoms with Crippen molar-refractivity contribution in [3.63, 3.8) is 0 Å². The van der Waals surface area contributed by atoms with Crippen LogP contribution in [0.2, 0.25) is 0 Å². The number of quaternary nitrogens is 1. The second-order valence-electron chi connectivity index (χ2n) is 3.57. The van der Waals surface area contributed by atoms with E-state index in [0.717, 1.165) is 6.08 Å². The third-order valence-electron chi connectivity index (χ3n) is 1.12. The molecule has 4 heteroatoms. The molecule has 0 aromatic rings. The minimum absolute atomic E-state index is 0.361. The Kier molecular flexibility index (Phi) is 3.92. The molecule has 0 spiro atoms. The Labute approximate surface area is 72.6 Å². The standard InChI is InChI=1S/C8H16NO3/c1-5-7(10)12-8(11)6-9(2,3)4/h5,8,11H,1,6H2,2-4H3/q+1. The summed E-state index contributed by atoms with van der Waals surface area (Å²) in [6, 6.07) is 0. The van der Waals surface area contributed by atoms with Crippen LogP contribution < -0.4 is 0 Å². The van der Waals surface area contributed by atoms with E-state index in [9.17, 15) is 9.90 Å². The van der Waals surface area contributed by atoms with E-state index >= 15 is 0 Å². The van der Waals surface area contributed by atoms with Crippen LogP contribution in [0.15, 0.2) is 12.7 Å².